The second-order valence-corrected chi connectivity index (χ2v) is 7.25. The van der Waals surface area contributed by atoms with Gasteiger partial charge in [0.25, 0.3) is 0 Å². The van der Waals surface area contributed by atoms with E-state index >= 15 is 0 Å². The van der Waals surface area contributed by atoms with Crippen molar-refractivity contribution < 1.29 is 4.79 Å². The lowest BCUT2D eigenvalue weighted by Gasteiger charge is -2.28. The van der Waals surface area contributed by atoms with E-state index in [-0.39, 0.29) is 6.03 Å². The fourth-order valence-electron chi connectivity index (χ4n) is 4.21. The van der Waals surface area contributed by atoms with E-state index in [2.05, 4.69) is 47.7 Å². The zero-order chi connectivity index (χ0) is 17.2. The van der Waals surface area contributed by atoms with Gasteiger partial charge in [-0.3, -0.25) is 0 Å². The van der Waals surface area contributed by atoms with Crippen LogP contribution >= 0.6 is 0 Å². The molecule has 2 heterocycles. The summed E-state index contributed by atoms with van der Waals surface area (Å²) in [6.07, 6.45) is 11.1. The molecule has 2 amide bonds. The van der Waals surface area contributed by atoms with Crippen molar-refractivity contribution in [3.63, 3.8) is 0 Å². The molecule has 1 aromatic heterocycles. The van der Waals surface area contributed by atoms with Gasteiger partial charge >= 0.3 is 6.03 Å². The molecule has 4 rings (SSSR count). The molecule has 1 aliphatic carbocycles. The van der Waals surface area contributed by atoms with Gasteiger partial charge in [-0.05, 0) is 36.8 Å². The predicted molar refractivity (Wildman–Crippen MR) is 103 cm³/mol. The molecule has 1 saturated carbocycles. The van der Waals surface area contributed by atoms with Crippen molar-refractivity contribution in [2.24, 2.45) is 0 Å². The van der Waals surface area contributed by atoms with Gasteiger partial charge in [-0.2, -0.15) is 0 Å². The number of para-hydroxylation sites is 1. The minimum atomic E-state index is 0.106. The van der Waals surface area contributed by atoms with E-state index in [0.29, 0.717) is 12.6 Å². The van der Waals surface area contributed by atoms with Crippen molar-refractivity contribution in [2.75, 3.05) is 13.1 Å². The van der Waals surface area contributed by atoms with E-state index in [1.807, 2.05) is 4.90 Å². The number of aromatic amines is 1. The Balaban J connectivity index is 1.48. The fourth-order valence-corrected chi connectivity index (χ4v) is 4.21. The van der Waals surface area contributed by atoms with Crippen LogP contribution in [0.1, 0.15) is 50.2 Å². The van der Waals surface area contributed by atoms with Gasteiger partial charge in [0.05, 0.1) is 0 Å². The van der Waals surface area contributed by atoms with Crippen LogP contribution in [-0.4, -0.2) is 35.0 Å². The summed E-state index contributed by atoms with van der Waals surface area (Å²) in [5.74, 6) is 0. The maximum atomic E-state index is 12.4. The number of fused-ring (bicyclic) bond motifs is 1. The average Bonchev–Trinajstić information content (AvgIpc) is 3.31. The van der Waals surface area contributed by atoms with E-state index in [1.165, 1.54) is 40.4 Å². The monoisotopic (exact) mass is 337 g/mol. The van der Waals surface area contributed by atoms with E-state index in [9.17, 15) is 4.79 Å². The highest BCUT2D eigenvalue weighted by Gasteiger charge is 2.23. The third-order valence-electron chi connectivity index (χ3n) is 5.71. The second kappa shape index (κ2) is 6.95. The number of urea groups is 1. The summed E-state index contributed by atoms with van der Waals surface area (Å²) in [6, 6.07) is 7.02. The van der Waals surface area contributed by atoms with Crippen molar-refractivity contribution in [1.82, 2.24) is 15.2 Å². The first kappa shape index (κ1) is 16.2. The Bertz CT molecular complexity index is 799. The average molecular weight is 337 g/mol. The number of rotatable bonds is 3. The molecule has 0 saturated heterocycles. The third kappa shape index (κ3) is 3.17. The number of benzene rings is 1. The Labute approximate surface area is 149 Å². The molecule has 1 aliphatic heterocycles. The van der Waals surface area contributed by atoms with E-state index in [1.54, 1.807) is 0 Å². The molecule has 0 atom stereocenters. The molecule has 2 N–H and O–H groups in total. The van der Waals surface area contributed by atoms with Crippen LogP contribution in [0.5, 0.6) is 0 Å². The van der Waals surface area contributed by atoms with Gasteiger partial charge in [-0.15, -0.1) is 0 Å². The molecule has 1 fully saturated rings. The van der Waals surface area contributed by atoms with Crippen LogP contribution in [0, 0.1) is 0 Å². The van der Waals surface area contributed by atoms with Crippen molar-refractivity contribution in [2.45, 2.75) is 51.5 Å². The van der Waals surface area contributed by atoms with Crippen LogP contribution in [-0.2, 0) is 6.42 Å². The van der Waals surface area contributed by atoms with E-state index in [4.69, 9.17) is 0 Å². The van der Waals surface area contributed by atoms with E-state index < -0.39 is 0 Å². The number of amides is 2. The molecule has 4 nitrogen and oxygen atoms in total. The summed E-state index contributed by atoms with van der Waals surface area (Å²) in [5, 5.41) is 4.49. The van der Waals surface area contributed by atoms with Crippen LogP contribution in [0.4, 0.5) is 4.79 Å². The number of nitrogens with one attached hydrogen (secondary N) is 2. The summed E-state index contributed by atoms with van der Waals surface area (Å²) < 4.78 is 0. The first-order valence-electron chi connectivity index (χ1n) is 9.60. The van der Waals surface area contributed by atoms with Gasteiger partial charge in [-0.1, -0.05) is 44.0 Å². The molecule has 0 radical (unpaired) electrons. The van der Waals surface area contributed by atoms with Crippen LogP contribution in [0.3, 0.4) is 0 Å². The number of hydrogen-bond acceptors (Lipinski definition) is 1. The maximum Gasteiger partial charge on any atom is 0.317 e. The number of H-pyrrole nitrogens is 1. The first-order chi connectivity index (χ1) is 12.3. The minimum Gasteiger partial charge on any atom is -0.360 e. The van der Waals surface area contributed by atoms with E-state index in [0.717, 1.165) is 32.2 Å². The highest BCUT2D eigenvalue weighted by Crippen LogP contribution is 2.31. The molecular weight excluding hydrogens is 310 g/mol. The SMILES string of the molecule is CCc1cccc2c(C3=CCN(C(=O)NC4CCCC4)CC3)c[nH]c12. The lowest BCUT2D eigenvalue weighted by Crippen LogP contribution is -2.45. The minimum absolute atomic E-state index is 0.106. The van der Waals surface area contributed by atoms with Gasteiger partial charge in [-0.25, -0.2) is 4.79 Å². The molecule has 2 aromatic rings. The van der Waals surface area contributed by atoms with Gasteiger partial charge in [0.15, 0.2) is 0 Å². The quantitative estimate of drug-likeness (QED) is 0.853. The predicted octanol–water partition coefficient (Wildman–Crippen LogP) is 4.47. The zero-order valence-electron chi connectivity index (χ0n) is 15.0. The Morgan fingerprint density at radius 3 is 2.88 bits per heavy atom. The summed E-state index contributed by atoms with van der Waals surface area (Å²) >= 11 is 0. The lowest BCUT2D eigenvalue weighted by molar-refractivity contribution is 0.199. The number of aromatic nitrogens is 1. The van der Waals surface area contributed by atoms with Crippen molar-refractivity contribution in [3.05, 3.63) is 41.6 Å². The molecule has 1 aromatic carbocycles. The zero-order valence-corrected chi connectivity index (χ0v) is 15.0. The number of nitrogens with zero attached hydrogens (tertiary/aromatic N) is 1. The maximum absolute atomic E-state index is 12.4. The summed E-state index contributed by atoms with van der Waals surface area (Å²) in [5.41, 5.74) is 5.26. The number of hydrogen-bond donors (Lipinski definition) is 2. The number of carbonyl (C=O) groups is 1. The topological polar surface area (TPSA) is 48.1 Å². The van der Waals surface area contributed by atoms with Crippen LogP contribution in [0.25, 0.3) is 16.5 Å². The summed E-state index contributed by atoms with van der Waals surface area (Å²) in [7, 11) is 0. The van der Waals surface area contributed by atoms with Gasteiger partial charge in [0, 0.05) is 41.8 Å². The van der Waals surface area contributed by atoms with Crippen LogP contribution in [0.15, 0.2) is 30.5 Å². The number of carbonyl (C=O) groups excluding carboxylic acids is 1. The second-order valence-electron chi connectivity index (χ2n) is 7.25. The summed E-state index contributed by atoms with van der Waals surface area (Å²) in [4.78, 5) is 17.8. The Morgan fingerprint density at radius 1 is 1.32 bits per heavy atom. The first-order valence-corrected chi connectivity index (χ1v) is 9.60. The summed E-state index contributed by atoms with van der Waals surface area (Å²) in [6.45, 7) is 3.69. The molecule has 0 spiro atoms. The Kier molecular flexibility index (Phi) is 4.51. The molecule has 4 heteroatoms. The molecule has 132 valence electrons. The van der Waals surface area contributed by atoms with Crippen molar-refractivity contribution >= 4 is 22.5 Å². The normalized spacial score (nSPS) is 18.6. The standard InChI is InChI=1S/C21H27N3O/c1-2-15-6-5-9-18-19(14-22-20(15)18)16-10-12-24(13-11-16)21(25)23-17-7-3-4-8-17/h5-6,9-10,14,17,22H,2-4,7-8,11-13H2,1H3,(H,23,25). The highest BCUT2D eigenvalue weighted by molar-refractivity contribution is 5.94. The molecule has 0 bridgehead atoms. The smallest absolute Gasteiger partial charge is 0.317 e. The highest BCUT2D eigenvalue weighted by atomic mass is 16.2. The van der Waals surface area contributed by atoms with Crippen LogP contribution < -0.4 is 5.32 Å². The molecule has 2 aliphatic rings. The Morgan fingerprint density at radius 2 is 2.16 bits per heavy atom. The largest absolute Gasteiger partial charge is 0.360 e. The van der Waals surface area contributed by atoms with Crippen molar-refractivity contribution in [3.8, 4) is 0 Å². The third-order valence-corrected chi connectivity index (χ3v) is 5.71. The van der Waals surface area contributed by atoms with Gasteiger partial charge in [0.2, 0.25) is 0 Å². The fraction of sp³-hybridized carbons (Fsp3) is 0.476. The van der Waals surface area contributed by atoms with Gasteiger partial charge < -0.3 is 15.2 Å². The van der Waals surface area contributed by atoms with Crippen LogP contribution in [0.2, 0.25) is 0 Å². The molecule has 25 heavy (non-hydrogen) atoms. The Hall–Kier alpha value is -2.23. The molecular formula is C21H27N3O. The number of aryl methyl sites for hydroxylation is 1. The lowest BCUT2D eigenvalue weighted by atomic mass is 9.98. The molecule has 0 unspecified atom stereocenters. The van der Waals surface area contributed by atoms with Gasteiger partial charge in [0.1, 0.15) is 0 Å². The van der Waals surface area contributed by atoms with Crippen molar-refractivity contribution in [1.29, 1.82) is 0 Å².